The number of fused-ring (bicyclic) bond motifs is 3. The molecule has 6 aliphatic rings. The molecule has 25 heavy (non-hydrogen) atoms. The minimum Gasteiger partial charge on any atom is -0.481 e. The molecule has 0 aromatic carbocycles. The first-order chi connectivity index (χ1) is 11.7. The molecule has 1 spiro atoms. The zero-order valence-electron chi connectivity index (χ0n) is 14.2. The summed E-state index contributed by atoms with van der Waals surface area (Å²) in [5.41, 5.74) is -2.40. The Bertz CT molecular complexity index is 776. The number of aliphatic hydroxyl groups is 1. The van der Waals surface area contributed by atoms with E-state index in [1.54, 1.807) is 0 Å². The third-order valence-corrected chi connectivity index (χ3v) is 8.76. The van der Waals surface area contributed by atoms with Crippen molar-refractivity contribution >= 4 is 11.9 Å². The number of rotatable bonds is 1. The first-order valence-electron chi connectivity index (χ1n) is 9.21. The first-order valence-corrected chi connectivity index (χ1v) is 9.21. The average molecular weight is 346 g/mol. The van der Waals surface area contributed by atoms with E-state index >= 15 is 0 Å². The van der Waals surface area contributed by atoms with Crippen LogP contribution in [0.2, 0.25) is 0 Å². The predicted octanol–water partition coefficient (Wildman–Crippen LogP) is 1.27. The highest BCUT2D eigenvalue weighted by Crippen LogP contribution is 2.80. The van der Waals surface area contributed by atoms with E-state index in [4.69, 9.17) is 9.47 Å². The van der Waals surface area contributed by atoms with E-state index in [1.807, 2.05) is 6.92 Å². The number of carbonyl (C=O) groups is 2. The van der Waals surface area contributed by atoms with Gasteiger partial charge in [0.2, 0.25) is 0 Å². The normalized spacial score (nSPS) is 62.9. The van der Waals surface area contributed by atoms with E-state index in [-0.39, 0.29) is 30.0 Å². The quantitative estimate of drug-likeness (QED) is 0.422. The molecule has 2 N–H and O–H groups in total. The summed E-state index contributed by atoms with van der Waals surface area (Å²) in [6.45, 7) is 5.91. The SMILES string of the molecule is C=C1CC23CC1(O)CCC2C12CC4OC4C(C)(C(=O)O1)C2C3C(=O)O. The van der Waals surface area contributed by atoms with Crippen LogP contribution < -0.4 is 0 Å². The molecule has 2 saturated heterocycles. The lowest BCUT2D eigenvalue weighted by atomic mass is 9.60. The Morgan fingerprint density at radius 1 is 1.40 bits per heavy atom. The fourth-order valence-corrected chi connectivity index (χ4v) is 8.00. The maximum Gasteiger partial charge on any atom is 0.315 e. The molecule has 134 valence electrons. The third kappa shape index (κ3) is 1.25. The van der Waals surface area contributed by atoms with Gasteiger partial charge in [0.25, 0.3) is 0 Å². The monoisotopic (exact) mass is 346 g/mol. The van der Waals surface area contributed by atoms with Crippen molar-refractivity contribution in [1.29, 1.82) is 0 Å². The van der Waals surface area contributed by atoms with Crippen LogP contribution >= 0.6 is 0 Å². The number of epoxide rings is 1. The fraction of sp³-hybridized carbons (Fsp3) is 0.789. The van der Waals surface area contributed by atoms with Crippen LogP contribution in [-0.4, -0.2) is 45.6 Å². The maximum atomic E-state index is 12.8. The van der Waals surface area contributed by atoms with Gasteiger partial charge in [-0.1, -0.05) is 6.58 Å². The second-order valence-corrected chi connectivity index (χ2v) is 9.53. The molecule has 2 heterocycles. The number of carbonyl (C=O) groups excluding carboxylic acids is 1. The van der Waals surface area contributed by atoms with Gasteiger partial charge in [0, 0.05) is 18.3 Å². The largest absolute Gasteiger partial charge is 0.481 e. The van der Waals surface area contributed by atoms with Gasteiger partial charge < -0.3 is 19.7 Å². The molecule has 6 heteroatoms. The van der Waals surface area contributed by atoms with E-state index in [0.29, 0.717) is 32.1 Å². The predicted molar refractivity (Wildman–Crippen MR) is 83.3 cm³/mol. The van der Waals surface area contributed by atoms with Gasteiger partial charge in [0.15, 0.2) is 0 Å². The number of aliphatic carboxylic acids is 1. The van der Waals surface area contributed by atoms with Crippen molar-refractivity contribution < 1.29 is 29.3 Å². The summed E-state index contributed by atoms with van der Waals surface area (Å²) in [7, 11) is 0. The van der Waals surface area contributed by atoms with Crippen molar-refractivity contribution in [2.45, 2.75) is 62.4 Å². The van der Waals surface area contributed by atoms with E-state index in [9.17, 15) is 19.8 Å². The molecule has 4 aliphatic carbocycles. The van der Waals surface area contributed by atoms with Crippen LogP contribution in [0.3, 0.4) is 0 Å². The van der Waals surface area contributed by atoms with Crippen LogP contribution in [-0.2, 0) is 19.1 Å². The number of esters is 1. The average Bonchev–Trinajstić information content (AvgIpc) is 3.16. The Balaban J connectivity index is 1.61. The van der Waals surface area contributed by atoms with Crippen LogP contribution in [0, 0.1) is 28.6 Å². The Morgan fingerprint density at radius 3 is 2.88 bits per heavy atom. The van der Waals surface area contributed by atoms with Crippen LogP contribution in [0.5, 0.6) is 0 Å². The number of carboxylic acid groups (broad SMARTS) is 1. The lowest BCUT2D eigenvalue weighted by Gasteiger charge is -2.45. The van der Waals surface area contributed by atoms with Crippen LogP contribution in [0.1, 0.15) is 39.0 Å². The number of hydrogen-bond donors (Lipinski definition) is 2. The van der Waals surface area contributed by atoms with Gasteiger partial charge in [-0.05, 0) is 43.6 Å². The van der Waals surface area contributed by atoms with Gasteiger partial charge in [-0.25, -0.2) is 0 Å². The minimum absolute atomic E-state index is 0.00251. The second kappa shape index (κ2) is 3.67. The Hall–Kier alpha value is -1.40. The lowest BCUT2D eigenvalue weighted by molar-refractivity contribution is -0.165. The highest BCUT2D eigenvalue weighted by atomic mass is 16.6. The van der Waals surface area contributed by atoms with E-state index in [2.05, 4.69) is 6.58 Å². The van der Waals surface area contributed by atoms with Crippen molar-refractivity contribution in [1.82, 2.24) is 0 Å². The lowest BCUT2D eigenvalue weighted by Crippen LogP contribution is -2.50. The standard InChI is InChI=1S/C19H22O6/c1-8-5-17-7-18(8,23)4-3-10(17)19-6-9-13(24-9)16(2,15(22)25-19)12(19)11(17)14(20)21/h9-13,23H,1,3-7H2,2H3,(H,20,21). The molecule has 9 atom stereocenters. The van der Waals surface area contributed by atoms with Gasteiger partial charge in [0.05, 0.1) is 17.6 Å². The van der Waals surface area contributed by atoms with Gasteiger partial charge in [-0.15, -0.1) is 0 Å². The molecule has 0 radical (unpaired) electrons. The minimum atomic E-state index is -0.960. The van der Waals surface area contributed by atoms with Crippen LogP contribution in [0.4, 0.5) is 0 Å². The molecule has 4 saturated carbocycles. The molecule has 6 rings (SSSR count). The molecule has 0 aromatic heterocycles. The highest BCUT2D eigenvalue weighted by Gasteiger charge is 2.88. The van der Waals surface area contributed by atoms with E-state index in [0.717, 1.165) is 5.57 Å². The van der Waals surface area contributed by atoms with Crippen molar-refractivity contribution in [2.75, 3.05) is 0 Å². The summed E-state index contributed by atoms with van der Waals surface area (Å²) in [6, 6.07) is 0. The molecule has 0 amide bonds. The van der Waals surface area contributed by atoms with Gasteiger partial charge in [0.1, 0.15) is 17.1 Å². The zero-order valence-corrected chi connectivity index (χ0v) is 14.2. The second-order valence-electron chi connectivity index (χ2n) is 9.53. The maximum absolute atomic E-state index is 12.8. The van der Waals surface area contributed by atoms with E-state index < -0.39 is 33.9 Å². The van der Waals surface area contributed by atoms with Crippen molar-refractivity contribution in [3.63, 3.8) is 0 Å². The highest BCUT2D eigenvalue weighted by molar-refractivity contribution is 5.86. The van der Waals surface area contributed by atoms with Crippen molar-refractivity contribution in [2.24, 2.45) is 28.6 Å². The summed E-state index contributed by atoms with van der Waals surface area (Å²) in [5.74, 6) is -2.29. The van der Waals surface area contributed by atoms with Gasteiger partial charge >= 0.3 is 11.9 Å². The fourth-order valence-electron chi connectivity index (χ4n) is 8.00. The summed E-state index contributed by atoms with van der Waals surface area (Å²) >= 11 is 0. The number of ether oxygens (including phenoxy) is 2. The Morgan fingerprint density at radius 2 is 2.16 bits per heavy atom. The summed E-state index contributed by atoms with van der Waals surface area (Å²) < 4.78 is 11.9. The number of hydrogen-bond acceptors (Lipinski definition) is 5. The molecule has 9 unspecified atom stereocenters. The topological polar surface area (TPSA) is 96.4 Å². The Kier molecular flexibility index (Phi) is 2.16. The molecule has 4 bridgehead atoms. The zero-order chi connectivity index (χ0) is 17.6. The first kappa shape index (κ1) is 14.7. The smallest absolute Gasteiger partial charge is 0.315 e. The molecule has 0 aromatic rings. The summed E-state index contributed by atoms with van der Waals surface area (Å²) in [6.07, 6.45) is 2.59. The molecular formula is C19H22O6. The summed E-state index contributed by atoms with van der Waals surface area (Å²) in [5, 5.41) is 21.2. The van der Waals surface area contributed by atoms with Crippen molar-refractivity contribution in [3.05, 3.63) is 12.2 Å². The molecule has 6 fully saturated rings. The van der Waals surface area contributed by atoms with Gasteiger partial charge in [-0.3, -0.25) is 9.59 Å². The Labute approximate surface area is 145 Å². The third-order valence-electron chi connectivity index (χ3n) is 8.76. The van der Waals surface area contributed by atoms with E-state index in [1.165, 1.54) is 0 Å². The van der Waals surface area contributed by atoms with Crippen molar-refractivity contribution in [3.8, 4) is 0 Å². The summed E-state index contributed by atoms with van der Waals surface area (Å²) in [4.78, 5) is 25.3. The molecular weight excluding hydrogens is 324 g/mol. The number of carboxylic acids is 1. The molecule has 6 nitrogen and oxygen atoms in total. The van der Waals surface area contributed by atoms with Gasteiger partial charge in [-0.2, -0.15) is 0 Å². The van der Waals surface area contributed by atoms with Crippen LogP contribution in [0.15, 0.2) is 12.2 Å². The molecule has 2 aliphatic heterocycles. The van der Waals surface area contributed by atoms with Crippen LogP contribution in [0.25, 0.3) is 0 Å².